The van der Waals surface area contributed by atoms with Gasteiger partial charge in [-0.05, 0) is 64.3 Å². The van der Waals surface area contributed by atoms with Gasteiger partial charge in [-0.15, -0.1) is 0 Å². The van der Waals surface area contributed by atoms with Gasteiger partial charge in [-0.2, -0.15) is 5.26 Å². The summed E-state index contributed by atoms with van der Waals surface area (Å²) in [4.78, 5) is 43.8. The first-order chi connectivity index (χ1) is 17.9. The van der Waals surface area contributed by atoms with Gasteiger partial charge in [0.2, 0.25) is 5.91 Å². The van der Waals surface area contributed by atoms with Gasteiger partial charge in [0.05, 0.1) is 18.2 Å². The molecule has 1 saturated heterocycles. The number of carbonyl (C=O) groups excluding carboxylic acids is 3. The number of piperazine rings is 1. The van der Waals surface area contributed by atoms with E-state index in [1.54, 1.807) is 13.8 Å². The molecule has 3 aliphatic heterocycles. The van der Waals surface area contributed by atoms with Crippen molar-refractivity contribution in [1.82, 2.24) is 15.1 Å². The Morgan fingerprint density at radius 3 is 2.44 bits per heavy atom. The quantitative estimate of drug-likeness (QED) is 0.455. The molecule has 6 atom stereocenters. The number of aryl methyl sites for hydroxylation is 1. The molecular weight excluding hydrogens is 709 g/mol. The summed E-state index contributed by atoms with van der Waals surface area (Å²) in [5.41, 5.74) is 13.0. The Hall–Kier alpha value is -1.88. The van der Waals surface area contributed by atoms with Gasteiger partial charge in [0.1, 0.15) is 11.8 Å². The minimum Gasteiger partial charge on any atom is -0.667 e. The number of carbonyl (C=O) groups is 3. The van der Waals surface area contributed by atoms with Crippen LogP contribution in [0.5, 0.6) is 5.75 Å². The zero-order valence-corrected chi connectivity index (χ0v) is 28.0. The number of aromatic hydroxyl groups is 1. The molecule has 0 spiro atoms. The molecule has 3 heterocycles. The second-order valence-corrected chi connectivity index (χ2v) is 11.2. The van der Waals surface area contributed by atoms with Crippen LogP contribution in [0.3, 0.4) is 0 Å². The van der Waals surface area contributed by atoms with Crippen LogP contribution in [-0.4, -0.2) is 76.2 Å². The van der Waals surface area contributed by atoms with Crippen LogP contribution in [0.15, 0.2) is 28.4 Å². The van der Waals surface area contributed by atoms with E-state index in [2.05, 4.69) is 22.4 Å². The Balaban J connectivity index is 0.00000353. The summed E-state index contributed by atoms with van der Waals surface area (Å²) in [6.07, 6.45) is 0.813. The average molecular weight is 744 g/mol. The molecule has 2 bridgehead atoms. The van der Waals surface area contributed by atoms with E-state index < -0.39 is 24.0 Å². The number of benzene rings is 1. The predicted octanol–water partition coefficient (Wildman–Crippen LogP) is 2.60. The Bertz CT molecular complexity index is 1390. The number of nitrogens with zero attached hydrogens (tertiary/aromatic N) is 3. The molecule has 10 heteroatoms. The van der Waals surface area contributed by atoms with Crippen molar-refractivity contribution >= 4 is 17.5 Å². The number of nitriles is 1. The molecule has 3 N–H and O–H groups in total. The van der Waals surface area contributed by atoms with Crippen molar-refractivity contribution in [3.05, 3.63) is 56.3 Å². The van der Waals surface area contributed by atoms with Crippen molar-refractivity contribution in [2.45, 2.75) is 83.7 Å². The van der Waals surface area contributed by atoms with Crippen LogP contribution in [0.2, 0.25) is 0 Å². The smallest absolute Gasteiger partial charge is 0.201 e. The number of phenolic OH excluding ortho intramolecular Hbond substituents is 1. The number of ketones is 2. The van der Waals surface area contributed by atoms with Crippen molar-refractivity contribution in [2.24, 2.45) is 0 Å². The van der Waals surface area contributed by atoms with Gasteiger partial charge in [0, 0.05) is 90.5 Å². The summed E-state index contributed by atoms with van der Waals surface area (Å²) in [5.74, 6) is -0.662. The van der Waals surface area contributed by atoms with Gasteiger partial charge >= 0.3 is 0 Å². The van der Waals surface area contributed by atoms with Crippen LogP contribution in [0.1, 0.15) is 55.5 Å². The second-order valence-electron chi connectivity index (χ2n) is 11.2. The topological polar surface area (TPSA) is 138 Å². The average Bonchev–Trinajstić information content (AvgIpc) is 2.88. The molecule has 1 aliphatic carbocycles. The van der Waals surface area contributed by atoms with Crippen molar-refractivity contribution in [3.63, 3.8) is 0 Å². The molecule has 1 fully saturated rings. The molecule has 39 heavy (non-hydrogen) atoms. The zero-order chi connectivity index (χ0) is 27.8. The first-order valence-corrected chi connectivity index (χ1v) is 13.1. The molecule has 0 aromatic heterocycles. The molecule has 1 aromatic carbocycles. The number of hydrogen-bond donors (Lipinski definition) is 2. The molecule has 5 rings (SSSR count). The summed E-state index contributed by atoms with van der Waals surface area (Å²) in [5, 5.41) is 24.6. The van der Waals surface area contributed by atoms with Crippen molar-refractivity contribution < 1.29 is 63.6 Å². The van der Waals surface area contributed by atoms with Gasteiger partial charge in [-0.25, -0.2) is 0 Å². The van der Waals surface area contributed by atoms with E-state index in [0.717, 1.165) is 22.3 Å². The first kappa shape index (κ1) is 30.1. The number of Topliss-reactive ketones (excluding diaryl/α,β-unsaturated/α-hetero) is 2. The first-order valence-electron chi connectivity index (χ1n) is 13.1. The largest absolute Gasteiger partial charge is 0.667 e. The maximum atomic E-state index is 13.6. The van der Waals surface area contributed by atoms with Gasteiger partial charge in [0.25, 0.3) is 0 Å². The monoisotopic (exact) mass is 743 g/mol. The van der Waals surface area contributed by atoms with Crippen molar-refractivity contribution in [2.75, 3.05) is 13.6 Å². The van der Waals surface area contributed by atoms with Crippen LogP contribution in [0.25, 0.3) is 5.73 Å². The van der Waals surface area contributed by atoms with Gasteiger partial charge in [0.15, 0.2) is 11.6 Å². The standard InChI is InChI=1S/C29H34N5O4.Ac/c1-12-7-17-8-19-21(10-30)34-20(25(33(19)6)23(17)27(36)13(12)2)9-18-24(22(34)11-32-29(38)16(5)31)28(37)15(4)14(3)26(18)35;/h7,16,19-22,25,31,36H,8-9,11H2,1-6H3,(H,32,38);/q-1;/t16-,19+,20?,21-,22-,25+;/m0./s1. The molecule has 4 aliphatic rings. The third-order valence-electron chi connectivity index (χ3n) is 9.25. The number of phenols is 1. The van der Waals surface area contributed by atoms with E-state index in [1.165, 1.54) is 6.92 Å². The SMILES string of the molecule is CC1=C(C)C(=O)C2=C(CC3[C@@H]4c5c(cc(C)c(C)c5O)C[C@H]([C@H](C#N)N3[C@H]2CNC(=O)[C@H](C)[NH-])N4C)C1=O.[Ac]. The Morgan fingerprint density at radius 1 is 1.18 bits per heavy atom. The normalized spacial score (nSPS) is 29.1. The maximum Gasteiger partial charge on any atom is 0.201 e. The minimum absolute atomic E-state index is 0. The number of amides is 1. The van der Waals surface area contributed by atoms with E-state index in [-0.39, 0.29) is 92.5 Å². The van der Waals surface area contributed by atoms with Crippen LogP contribution in [0, 0.1) is 69.2 Å². The fraction of sp³-hybridized carbons (Fsp3) is 0.517. The number of fused-ring (bicyclic) bond motifs is 6. The summed E-state index contributed by atoms with van der Waals surface area (Å²) in [6.45, 7) is 8.64. The minimum atomic E-state index is -0.996. The number of nitrogens with one attached hydrogen (secondary N) is 2. The molecular formula is C29H34AcN5O4-. The fourth-order valence-electron chi connectivity index (χ4n) is 6.93. The molecule has 203 valence electrons. The number of hydrogen-bond acceptors (Lipinski definition) is 7. The molecule has 9 nitrogen and oxygen atoms in total. The number of allylic oxidation sites excluding steroid dienone is 2. The fourth-order valence-corrected chi connectivity index (χ4v) is 6.93. The summed E-state index contributed by atoms with van der Waals surface area (Å²) in [6, 6.07) is 1.35. The molecule has 1 amide bonds. The van der Waals surface area contributed by atoms with Crippen LogP contribution < -0.4 is 5.32 Å². The van der Waals surface area contributed by atoms with Crippen molar-refractivity contribution in [3.8, 4) is 11.8 Å². The maximum absolute atomic E-state index is 13.6. The third kappa shape index (κ3) is 4.46. The molecule has 1 unspecified atom stereocenters. The Morgan fingerprint density at radius 2 is 1.82 bits per heavy atom. The van der Waals surface area contributed by atoms with E-state index >= 15 is 0 Å². The van der Waals surface area contributed by atoms with E-state index in [9.17, 15) is 24.8 Å². The Labute approximate surface area is 265 Å². The second kappa shape index (κ2) is 10.8. The van der Waals surface area contributed by atoms with E-state index in [4.69, 9.17) is 5.73 Å². The van der Waals surface area contributed by atoms with Crippen LogP contribution >= 0.6 is 0 Å². The third-order valence-corrected chi connectivity index (χ3v) is 9.25. The van der Waals surface area contributed by atoms with Crippen LogP contribution in [0.4, 0.5) is 0 Å². The van der Waals surface area contributed by atoms with Crippen molar-refractivity contribution in [1.29, 1.82) is 5.26 Å². The Kier molecular flexibility index (Phi) is 8.36. The summed E-state index contributed by atoms with van der Waals surface area (Å²) < 4.78 is 0. The zero-order valence-electron chi connectivity index (χ0n) is 23.3. The van der Waals surface area contributed by atoms with Gasteiger partial charge in [-0.3, -0.25) is 24.2 Å². The predicted molar refractivity (Wildman–Crippen MR) is 141 cm³/mol. The van der Waals surface area contributed by atoms with E-state index in [1.807, 2.05) is 25.8 Å². The van der Waals surface area contributed by atoms with Crippen LogP contribution in [-0.2, 0) is 20.8 Å². The van der Waals surface area contributed by atoms with Gasteiger partial charge in [-0.1, -0.05) is 19.0 Å². The number of rotatable bonds is 3. The molecule has 1 aromatic rings. The van der Waals surface area contributed by atoms with Gasteiger partial charge < -0.3 is 16.2 Å². The van der Waals surface area contributed by atoms with E-state index in [0.29, 0.717) is 28.7 Å². The number of likely N-dealkylation sites (N-methyl/N-ethyl adjacent to an activating group) is 1. The summed E-state index contributed by atoms with van der Waals surface area (Å²) >= 11 is 0. The molecule has 1 radical (unpaired) electrons. The molecule has 0 saturated carbocycles. The summed E-state index contributed by atoms with van der Waals surface area (Å²) in [7, 11) is 1.96.